The molecule has 0 aliphatic heterocycles. The van der Waals surface area contributed by atoms with Crippen molar-refractivity contribution in [3.63, 3.8) is 0 Å². The van der Waals surface area contributed by atoms with Gasteiger partial charge in [-0.3, -0.25) is 19.7 Å². The fourth-order valence-corrected chi connectivity index (χ4v) is 1.68. The number of amides is 2. The molecule has 0 unspecified atom stereocenters. The molecule has 0 spiro atoms. The summed E-state index contributed by atoms with van der Waals surface area (Å²) >= 11 is 0. The Kier molecular flexibility index (Phi) is 5.29. The van der Waals surface area contributed by atoms with Crippen LogP contribution in [0.15, 0.2) is 53.6 Å². The average Bonchev–Trinajstić information content (AvgIpc) is 2.57. The largest absolute Gasteiger partial charge is 0.329 e. The molecule has 0 heterocycles. The van der Waals surface area contributed by atoms with Crippen molar-refractivity contribution in [2.75, 3.05) is 5.32 Å². The van der Waals surface area contributed by atoms with E-state index in [1.807, 2.05) is 5.43 Å². The van der Waals surface area contributed by atoms with Crippen molar-refractivity contribution in [3.8, 4) is 0 Å². The summed E-state index contributed by atoms with van der Waals surface area (Å²) < 4.78 is 13.4. The number of nitro groups is 1. The van der Waals surface area contributed by atoms with Gasteiger partial charge in [0.1, 0.15) is 5.82 Å². The molecule has 122 valence electrons. The summed E-state index contributed by atoms with van der Waals surface area (Å²) in [5.41, 5.74) is 2.03. The summed E-state index contributed by atoms with van der Waals surface area (Å²) in [6, 6.07) is 10.9. The van der Waals surface area contributed by atoms with Crippen molar-refractivity contribution < 1.29 is 18.9 Å². The number of nitrogens with zero attached hydrogens (tertiary/aromatic N) is 2. The normalized spacial score (nSPS) is 10.4. The minimum absolute atomic E-state index is 0.137. The van der Waals surface area contributed by atoms with Gasteiger partial charge in [-0.2, -0.15) is 5.10 Å². The Hall–Kier alpha value is -3.62. The number of rotatable bonds is 4. The highest BCUT2D eigenvalue weighted by atomic mass is 19.1. The van der Waals surface area contributed by atoms with E-state index in [0.717, 1.165) is 12.3 Å². The molecule has 0 aliphatic carbocycles. The number of hydrogen-bond acceptors (Lipinski definition) is 5. The van der Waals surface area contributed by atoms with Gasteiger partial charge in [-0.1, -0.05) is 24.3 Å². The molecular formula is C15H11FN4O4. The van der Waals surface area contributed by atoms with Crippen LogP contribution in [0.3, 0.4) is 0 Å². The summed E-state index contributed by atoms with van der Waals surface area (Å²) in [6.07, 6.45) is 1.14. The lowest BCUT2D eigenvalue weighted by atomic mass is 10.2. The molecule has 2 aromatic carbocycles. The summed E-state index contributed by atoms with van der Waals surface area (Å²) in [7, 11) is 0. The second-order valence-corrected chi connectivity index (χ2v) is 4.49. The smallest absolute Gasteiger partial charge is 0.315 e. The predicted molar refractivity (Wildman–Crippen MR) is 83.9 cm³/mol. The van der Waals surface area contributed by atoms with Crippen LogP contribution >= 0.6 is 0 Å². The third kappa shape index (κ3) is 4.44. The van der Waals surface area contributed by atoms with E-state index in [1.54, 1.807) is 0 Å². The minimum Gasteiger partial charge on any atom is -0.315 e. The van der Waals surface area contributed by atoms with E-state index >= 15 is 0 Å². The van der Waals surface area contributed by atoms with E-state index in [-0.39, 0.29) is 11.4 Å². The van der Waals surface area contributed by atoms with Gasteiger partial charge in [0, 0.05) is 17.7 Å². The molecule has 2 N–H and O–H groups in total. The molecule has 24 heavy (non-hydrogen) atoms. The number of anilines is 1. The van der Waals surface area contributed by atoms with Crippen LogP contribution < -0.4 is 10.7 Å². The first-order chi connectivity index (χ1) is 11.5. The molecule has 2 aromatic rings. The quantitative estimate of drug-likeness (QED) is 0.385. The van der Waals surface area contributed by atoms with E-state index in [2.05, 4.69) is 10.4 Å². The van der Waals surface area contributed by atoms with E-state index in [4.69, 9.17) is 0 Å². The van der Waals surface area contributed by atoms with Gasteiger partial charge in [0.2, 0.25) is 0 Å². The van der Waals surface area contributed by atoms with Gasteiger partial charge in [-0.15, -0.1) is 0 Å². The maximum Gasteiger partial charge on any atom is 0.329 e. The number of benzene rings is 2. The van der Waals surface area contributed by atoms with Crippen molar-refractivity contribution in [1.82, 2.24) is 5.43 Å². The van der Waals surface area contributed by atoms with E-state index < -0.39 is 22.6 Å². The Morgan fingerprint density at radius 3 is 2.58 bits per heavy atom. The highest BCUT2D eigenvalue weighted by Crippen LogP contribution is 2.12. The first-order valence-corrected chi connectivity index (χ1v) is 6.61. The van der Waals surface area contributed by atoms with Crippen LogP contribution in [0, 0.1) is 15.9 Å². The number of halogens is 1. The van der Waals surface area contributed by atoms with Gasteiger partial charge in [-0.25, -0.2) is 9.82 Å². The highest BCUT2D eigenvalue weighted by Gasteiger charge is 2.14. The standard InChI is InChI=1S/C15H11FN4O4/c16-12-6-1-2-7-13(12)18-14(21)15(22)19-17-9-10-4-3-5-11(8-10)20(23)24/h1-9H,(H,18,21)(H,19,22). The Morgan fingerprint density at radius 2 is 1.88 bits per heavy atom. The van der Waals surface area contributed by atoms with Crippen molar-refractivity contribution in [2.24, 2.45) is 5.10 Å². The van der Waals surface area contributed by atoms with Crippen molar-refractivity contribution >= 4 is 29.4 Å². The Morgan fingerprint density at radius 1 is 1.12 bits per heavy atom. The zero-order valence-corrected chi connectivity index (χ0v) is 12.1. The molecule has 0 aromatic heterocycles. The third-order valence-corrected chi connectivity index (χ3v) is 2.79. The zero-order valence-electron chi connectivity index (χ0n) is 12.1. The molecule has 0 radical (unpaired) electrons. The van der Waals surface area contributed by atoms with Crippen LogP contribution in [0.25, 0.3) is 0 Å². The van der Waals surface area contributed by atoms with E-state index in [0.29, 0.717) is 5.56 Å². The molecule has 8 nitrogen and oxygen atoms in total. The molecule has 9 heteroatoms. The first-order valence-electron chi connectivity index (χ1n) is 6.61. The lowest BCUT2D eigenvalue weighted by Gasteiger charge is -2.04. The second kappa shape index (κ2) is 7.58. The van der Waals surface area contributed by atoms with Crippen molar-refractivity contribution in [3.05, 3.63) is 70.0 Å². The Balaban J connectivity index is 1.95. The van der Waals surface area contributed by atoms with Crippen LogP contribution in [0.1, 0.15) is 5.56 Å². The maximum atomic E-state index is 13.4. The number of carbonyl (C=O) groups is 2. The molecular weight excluding hydrogens is 319 g/mol. The van der Waals surface area contributed by atoms with Crippen molar-refractivity contribution in [2.45, 2.75) is 0 Å². The number of nitrogens with one attached hydrogen (secondary N) is 2. The van der Waals surface area contributed by atoms with Crippen LogP contribution in [-0.4, -0.2) is 23.0 Å². The van der Waals surface area contributed by atoms with Gasteiger partial charge in [0.25, 0.3) is 5.69 Å². The van der Waals surface area contributed by atoms with E-state index in [1.165, 1.54) is 42.5 Å². The SMILES string of the molecule is O=C(NN=Cc1cccc([N+](=O)[O-])c1)C(=O)Nc1ccccc1F. The van der Waals surface area contributed by atoms with Gasteiger partial charge in [0.05, 0.1) is 16.8 Å². The van der Waals surface area contributed by atoms with Crippen LogP contribution in [0.4, 0.5) is 15.8 Å². The lowest BCUT2D eigenvalue weighted by molar-refractivity contribution is -0.384. The fraction of sp³-hybridized carbons (Fsp3) is 0. The van der Waals surface area contributed by atoms with Crippen LogP contribution in [0.5, 0.6) is 0 Å². The maximum absolute atomic E-state index is 13.4. The number of para-hydroxylation sites is 1. The van der Waals surface area contributed by atoms with Crippen LogP contribution in [-0.2, 0) is 9.59 Å². The summed E-state index contributed by atoms with van der Waals surface area (Å²) in [4.78, 5) is 33.2. The molecule has 0 saturated carbocycles. The Labute approximate surface area is 135 Å². The summed E-state index contributed by atoms with van der Waals surface area (Å²) in [6.45, 7) is 0. The van der Waals surface area contributed by atoms with Gasteiger partial charge >= 0.3 is 11.8 Å². The van der Waals surface area contributed by atoms with Crippen molar-refractivity contribution in [1.29, 1.82) is 0 Å². The fourth-order valence-electron chi connectivity index (χ4n) is 1.68. The predicted octanol–water partition coefficient (Wildman–Crippen LogP) is 1.82. The topological polar surface area (TPSA) is 114 Å². The molecule has 0 bridgehead atoms. The molecule has 0 fully saturated rings. The van der Waals surface area contributed by atoms with Gasteiger partial charge in [0.15, 0.2) is 0 Å². The van der Waals surface area contributed by atoms with Crippen LogP contribution in [0.2, 0.25) is 0 Å². The molecule has 0 atom stereocenters. The molecule has 0 aliphatic rings. The molecule has 2 rings (SSSR count). The number of hydrazone groups is 1. The number of hydrogen-bond donors (Lipinski definition) is 2. The summed E-state index contributed by atoms with van der Waals surface area (Å²) in [5.74, 6) is -2.89. The number of nitro benzene ring substituents is 1. The number of non-ortho nitro benzene ring substituents is 1. The molecule has 2 amide bonds. The van der Waals surface area contributed by atoms with Gasteiger partial charge in [-0.05, 0) is 12.1 Å². The number of carbonyl (C=O) groups excluding carboxylic acids is 2. The lowest BCUT2D eigenvalue weighted by Crippen LogP contribution is -2.32. The average molecular weight is 330 g/mol. The molecule has 0 saturated heterocycles. The minimum atomic E-state index is -1.11. The van der Waals surface area contributed by atoms with Gasteiger partial charge < -0.3 is 5.32 Å². The second-order valence-electron chi connectivity index (χ2n) is 4.49. The Bertz CT molecular complexity index is 823. The van der Waals surface area contributed by atoms with E-state index in [9.17, 15) is 24.1 Å². The third-order valence-electron chi connectivity index (χ3n) is 2.79. The summed E-state index contributed by atoms with van der Waals surface area (Å²) in [5, 5.41) is 16.3. The first kappa shape index (κ1) is 16.7. The highest BCUT2D eigenvalue weighted by molar-refractivity contribution is 6.39. The monoisotopic (exact) mass is 330 g/mol. The zero-order chi connectivity index (χ0) is 17.5.